The van der Waals surface area contributed by atoms with Crippen molar-refractivity contribution in [3.8, 4) is 0 Å². The number of thiocarbonyl (C=S) groups is 1. The van der Waals surface area contributed by atoms with Crippen molar-refractivity contribution in [3.05, 3.63) is 29.8 Å². The lowest BCUT2D eigenvalue weighted by Crippen LogP contribution is -2.41. The van der Waals surface area contributed by atoms with Crippen LogP contribution in [0.3, 0.4) is 0 Å². The first kappa shape index (κ1) is 20.2. The Hall–Kier alpha value is -1.09. The third-order valence-electron chi connectivity index (χ3n) is 6.43. The van der Waals surface area contributed by atoms with Gasteiger partial charge in [-0.15, -0.1) is 0 Å². The Morgan fingerprint density at radius 3 is 2.24 bits per heavy atom. The molecule has 1 aromatic carbocycles. The summed E-state index contributed by atoms with van der Waals surface area (Å²) >= 11 is 5.53. The lowest BCUT2D eigenvalue weighted by Gasteiger charge is -2.39. The van der Waals surface area contributed by atoms with Crippen molar-refractivity contribution < 1.29 is 0 Å². The summed E-state index contributed by atoms with van der Waals surface area (Å²) in [6.45, 7) is 11.6. The monoisotopic (exact) mass is 360 g/mol. The van der Waals surface area contributed by atoms with Gasteiger partial charge in [-0.25, -0.2) is 0 Å². The summed E-state index contributed by atoms with van der Waals surface area (Å²) in [5.74, 6) is 1.46. The molecule has 1 unspecified atom stereocenters. The van der Waals surface area contributed by atoms with Gasteiger partial charge in [0.25, 0.3) is 0 Å². The van der Waals surface area contributed by atoms with Gasteiger partial charge in [-0.05, 0) is 79.3 Å². The van der Waals surface area contributed by atoms with Gasteiger partial charge in [0.2, 0.25) is 0 Å². The van der Waals surface area contributed by atoms with Gasteiger partial charge < -0.3 is 10.6 Å². The van der Waals surface area contributed by atoms with E-state index in [1.807, 2.05) is 0 Å². The van der Waals surface area contributed by atoms with Gasteiger partial charge in [0, 0.05) is 11.7 Å². The van der Waals surface area contributed by atoms with Crippen LogP contribution in [0.15, 0.2) is 24.3 Å². The van der Waals surface area contributed by atoms with Crippen molar-refractivity contribution in [3.63, 3.8) is 0 Å². The van der Waals surface area contributed by atoms with Crippen LogP contribution in [-0.4, -0.2) is 11.2 Å². The Morgan fingerprint density at radius 1 is 1.12 bits per heavy atom. The topological polar surface area (TPSA) is 24.1 Å². The maximum absolute atomic E-state index is 5.53. The van der Waals surface area contributed by atoms with Gasteiger partial charge in [0.05, 0.1) is 0 Å². The van der Waals surface area contributed by atoms with E-state index >= 15 is 0 Å². The zero-order valence-electron chi connectivity index (χ0n) is 16.7. The Balaban J connectivity index is 1.79. The van der Waals surface area contributed by atoms with Crippen molar-refractivity contribution in [2.45, 2.75) is 85.1 Å². The van der Waals surface area contributed by atoms with Crippen LogP contribution in [-0.2, 0) is 0 Å². The zero-order valence-corrected chi connectivity index (χ0v) is 17.5. The first-order valence-electron chi connectivity index (χ1n) is 10.0. The number of anilines is 1. The smallest absolute Gasteiger partial charge is 0.170 e. The van der Waals surface area contributed by atoms with Gasteiger partial charge in [-0.3, -0.25) is 0 Å². The van der Waals surface area contributed by atoms with E-state index in [4.69, 9.17) is 12.2 Å². The summed E-state index contributed by atoms with van der Waals surface area (Å²) in [5.41, 5.74) is 2.94. The first-order chi connectivity index (χ1) is 11.9. The molecular formula is C22H36N2S. The van der Waals surface area contributed by atoms with E-state index in [1.54, 1.807) is 0 Å². The lowest BCUT2D eigenvalue weighted by molar-refractivity contribution is 0.141. The summed E-state index contributed by atoms with van der Waals surface area (Å²) in [7, 11) is 0. The normalized spacial score (nSPS) is 22.3. The second-order valence-corrected chi connectivity index (χ2v) is 8.83. The molecule has 0 aliphatic heterocycles. The van der Waals surface area contributed by atoms with Crippen molar-refractivity contribution >= 4 is 23.0 Å². The standard InChI is InChI=1S/C22H36N2S/c1-6-16(3)17-8-12-19(13-9-17)23-21(25)24-20-14-10-18(11-15-20)22(4,5)7-2/h8-9,12-13,16,18,20H,6-7,10-11,14-15H2,1-5H3,(H2,23,24,25). The average molecular weight is 361 g/mol. The fourth-order valence-electron chi connectivity index (χ4n) is 3.79. The minimum Gasteiger partial charge on any atom is -0.360 e. The molecule has 1 saturated carbocycles. The summed E-state index contributed by atoms with van der Waals surface area (Å²) in [5, 5.41) is 7.63. The van der Waals surface area contributed by atoms with Crippen LogP contribution in [0, 0.1) is 11.3 Å². The molecule has 0 aromatic heterocycles. The van der Waals surface area contributed by atoms with E-state index < -0.39 is 0 Å². The molecule has 140 valence electrons. The van der Waals surface area contributed by atoms with Gasteiger partial charge in [-0.2, -0.15) is 0 Å². The summed E-state index contributed by atoms with van der Waals surface area (Å²) < 4.78 is 0. The van der Waals surface area contributed by atoms with Crippen molar-refractivity contribution in [1.29, 1.82) is 0 Å². The molecule has 2 rings (SSSR count). The summed E-state index contributed by atoms with van der Waals surface area (Å²) in [4.78, 5) is 0. The molecule has 1 aromatic rings. The van der Waals surface area contributed by atoms with Crippen LogP contribution < -0.4 is 10.6 Å². The van der Waals surface area contributed by atoms with Crippen LogP contribution in [0.4, 0.5) is 5.69 Å². The molecule has 0 saturated heterocycles. The third kappa shape index (κ3) is 5.70. The predicted octanol–water partition coefficient (Wildman–Crippen LogP) is 6.48. The largest absolute Gasteiger partial charge is 0.360 e. The Morgan fingerprint density at radius 2 is 1.72 bits per heavy atom. The van der Waals surface area contributed by atoms with E-state index in [1.165, 1.54) is 44.1 Å². The van der Waals surface area contributed by atoms with Crippen LogP contribution in [0.25, 0.3) is 0 Å². The fourth-order valence-corrected chi connectivity index (χ4v) is 4.08. The molecular weight excluding hydrogens is 324 g/mol. The number of hydrogen-bond acceptors (Lipinski definition) is 1. The quantitative estimate of drug-likeness (QED) is 0.568. The number of benzene rings is 1. The second-order valence-electron chi connectivity index (χ2n) is 8.42. The van der Waals surface area contributed by atoms with Crippen LogP contribution in [0.5, 0.6) is 0 Å². The highest BCUT2D eigenvalue weighted by atomic mass is 32.1. The Labute approximate surface area is 160 Å². The molecule has 1 aliphatic rings. The van der Waals surface area contributed by atoms with E-state index in [9.17, 15) is 0 Å². The van der Waals surface area contributed by atoms with Gasteiger partial charge >= 0.3 is 0 Å². The second kappa shape index (κ2) is 9.02. The van der Waals surface area contributed by atoms with Crippen molar-refractivity contribution in [1.82, 2.24) is 5.32 Å². The number of rotatable bonds is 6. The molecule has 2 nitrogen and oxygen atoms in total. The Kier molecular flexibility index (Phi) is 7.30. The summed E-state index contributed by atoms with van der Waals surface area (Å²) in [6, 6.07) is 9.20. The number of hydrogen-bond donors (Lipinski definition) is 2. The molecule has 2 N–H and O–H groups in total. The van der Waals surface area contributed by atoms with Crippen LogP contribution in [0.1, 0.15) is 84.6 Å². The fraction of sp³-hybridized carbons (Fsp3) is 0.682. The van der Waals surface area contributed by atoms with E-state index in [0.717, 1.165) is 16.7 Å². The Bertz CT molecular complexity index is 542. The van der Waals surface area contributed by atoms with E-state index in [0.29, 0.717) is 17.4 Å². The van der Waals surface area contributed by atoms with Crippen molar-refractivity contribution in [2.24, 2.45) is 11.3 Å². The highest BCUT2D eigenvalue weighted by molar-refractivity contribution is 7.80. The first-order valence-corrected chi connectivity index (χ1v) is 10.4. The maximum Gasteiger partial charge on any atom is 0.170 e. The van der Waals surface area contributed by atoms with Gasteiger partial charge in [-0.1, -0.05) is 53.2 Å². The average Bonchev–Trinajstić information content (AvgIpc) is 2.62. The molecule has 1 fully saturated rings. The van der Waals surface area contributed by atoms with Gasteiger partial charge in [0.1, 0.15) is 0 Å². The third-order valence-corrected chi connectivity index (χ3v) is 6.65. The van der Waals surface area contributed by atoms with Crippen LogP contribution >= 0.6 is 12.2 Å². The molecule has 0 spiro atoms. The molecule has 3 heteroatoms. The number of nitrogens with one attached hydrogen (secondary N) is 2. The molecule has 1 aliphatic carbocycles. The molecule has 1 atom stereocenters. The highest BCUT2D eigenvalue weighted by Crippen LogP contribution is 2.40. The maximum atomic E-state index is 5.53. The van der Waals surface area contributed by atoms with Gasteiger partial charge in [0.15, 0.2) is 5.11 Å². The minimum absolute atomic E-state index is 0.473. The van der Waals surface area contributed by atoms with Crippen molar-refractivity contribution in [2.75, 3.05) is 5.32 Å². The van der Waals surface area contributed by atoms with E-state index in [-0.39, 0.29) is 0 Å². The summed E-state index contributed by atoms with van der Waals surface area (Å²) in [6.07, 6.45) is 7.51. The molecule has 0 heterocycles. The van der Waals surface area contributed by atoms with E-state index in [2.05, 4.69) is 69.5 Å². The minimum atomic E-state index is 0.473. The highest BCUT2D eigenvalue weighted by Gasteiger charge is 2.31. The molecule has 0 radical (unpaired) electrons. The SMILES string of the molecule is CCC(C)c1ccc(NC(=S)NC2CCC(C(C)(C)CC)CC2)cc1. The lowest BCUT2D eigenvalue weighted by atomic mass is 9.69. The molecule has 0 bridgehead atoms. The molecule has 0 amide bonds. The predicted molar refractivity (Wildman–Crippen MR) is 114 cm³/mol. The zero-order chi connectivity index (χ0) is 18.4. The molecule has 25 heavy (non-hydrogen) atoms. The van der Waals surface area contributed by atoms with Crippen LogP contribution in [0.2, 0.25) is 0 Å².